The molecule has 3 nitrogen and oxygen atoms in total. The van der Waals surface area contributed by atoms with Crippen LogP contribution in [0.15, 0.2) is 24.3 Å². The largest absolute Gasteiger partial charge is 0.314 e. The molecule has 3 heteroatoms. The van der Waals surface area contributed by atoms with Crippen molar-refractivity contribution in [3.8, 4) is 0 Å². The number of aryl methyl sites for hydroxylation is 1. The van der Waals surface area contributed by atoms with E-state index in [0.29, 0.717) is 6.54 Å². The number of rotatable bonds is 3. The van der Waals surface area contributed by atoms with Crippen LogP contribution >= 0.6 is 0 Å². The summed E-state index contributed by atoms with van der Waals surface area (Å²) in [6.07, 6.45) is 0. The molecule has 1 N–H and O–H groups in total. The van der Waals surface area contributed by atoms with Crippen molar-refractivity contribution in [2.75, 3.05) is 18.5 Å². The normalized spacial score (nSPS) is 11.4. The maximum Gasteiger partial charge on any atom is 0.240 e. The summed E-state index contributed by atoms with van der Waals surface area (Å²) >= 11 is 0. The van der Waals surface area contributed by atoms with Crippen molar-refractivity contribution < 1.29 is 4.79 Å². The second kappa shape index (κ2) is 5.32. The van der Waals surface area contributed by atoms with Gasteiger partial charge in [-0.25, -0.2) is 0 Å². The molecule has 0 aromatic heterocycles. The van der Waals surface area contributed by atoms with Gasteiger partial charge in [-0.2, -0.15) is 0 Å². The van der Waals surface area contributed by atoms with Gasteiger partial charge in [0.2, 0.25) is 5.91 Å². The first-order valence-electron chi connectivity index (χ1n) is 5.88. The van der Waals surface area contributed by atoms with Crippen LogP contribution in [0.3, 0.4) is 0 Å². The maximum atomic E-state index is 11.9. The molecule has 1 aromatic rings. The number of hydrogen-bond donors (Lipinski definition) is 1. The fourth-order valence-electron chi connectivity index (χ4n) is 1.37. The topological polar surface area (TPSA) is 32.3 Å². The minimum Gasteiger partial charge on any atom is -0.314 e. The average Bonchev–Trinajstić information content (AvgIpc) is 2.25. The Hall–Kier alpha value is -1.35. The molecule has 0 saturated carbocycles. The fraction of sp³-hybridized carbons (Fsp3) is 0.500. The number of nitrogens with zero attached hydrogens (tertiary/aromatic N) is 1. The van der Waals surface area contributed by atoms with E-state index >= 15 is 0 Å². The molecule has 17 heavy (non-hydrogen) atoms. The van der Waals surface area contributed by atoms with Crippen molar-refractivity contribution in [3.05, 3.63) is 29.8 Å². The van der Waals surface area contributed by atoms with Crippen molar-refractivity contribution in [2.24, 2.45) is 0 Å². The van der Waals surface area contributed by atoms with Crippen LogP contribution in [-0.2, 0) is 4.79 Å². The lowest BCUT2D eigenvalue weighted by molar-refractivity contribution is -0.117. The molecule has 1 rings (SSSR count). The molecule has 0 aliphatic heterocycles. The van der Waals surface area contributed by atoms with Crippen LogP contribution in [0.2, 0.25) is 0 Å². The van der Waals surface area contributed by atoms with Crippen molar-refractivity contribution >= 4 is 11.6 Å². The van der Waals surface area contributed by atoms with Crippen LogP contribution in [0.5, 0.6) is 0 Å². The first-order valence-corrected chi connectivity index (χ1v) is 5.88. The van der Waals surface area contributed by atoms with Crippen molar-refractivity contribution in [1.29, 1.82) is 0 Å². The van der Waals surface area contributed by atoms with Gasteiger partial charge in [0, 0.05) is 18.3 Å². The number of carbonyl (C=O) groups is 1. The Morgan fingerprint density at radius 3 is 2.24 bits per heavy atom. The Bertz CT molecular complexity index is 376. The van der Waals surface area contributed by atoms with Crippen molar-refractivity contribution in [1.82, 2.24) is 5.32 Å². The van der Waals surface area contributed by atoms with Crippen LogP contribution in [0.25, 0.3) is 0 Å². The molecule has 1 amide bonds. The minimum absolute atomic E-state index is 0.0379. The van der Waals surface area contributed by atoms with E-state index in [2.05, 4.69) is 5.32 Å². The van der Waals surface area contributed by atoms with Crippen molar-refractivity contribution in [2.45, 2.75) is 33.2 Å². The van der Waals surface area contributed by atoms with Crippen LogP contribution < -0.4 is 10.2 Å². The summed E-state index contributed by atoms with van der Waals surface area (Å²) in [5.41, 5.74) is 2.09. The summed E-state index contributed by atoms with van der Waals surface area (Å²) in [6, 6.07) is 7.95. The third-order valence-electron chi connectivity index (χ3n) is 2.57. The summed E-state index contributed by atoms with van der Waals surface area (Å²) in [5.74, 6) is 0.0729. The molecular formula is C14H22N2O. The SMILES string of the molecule is Cc1ccc(N(C)C(=O)CNC(C)(C)C)cc1. The highest BCUT2D eigenvalue weighted by atomic mass is 16.2. The summed E-state index contributed by atoms with van der Waals surface area (Å²) in [5, 5.41) is 3.19. The second-order valence-electron chi connectivity index (χ2n) is 5.39. The van der Waals surface area contributed by atoms with Gasteiger partial charge in [0.1, 0.15) is 0 Å². The Morgan fingerprint density at radius 2 is 1.76 bits per heavy atom. The van der Waals surface area contributed by atoms with E-state index in [0.717, 1.165) is 5.69 Å². The van der Waals surface area contributed by atoms with Crippen molar-refractivity contribution in [3.63, 3.8) is 0 Å². The molecule has 1 aromatic carbocycles. The molecule has 0 radical (unpaired) electrons. The standard InChI is InChI=1S/C14H22N2O/c1-11-6-8-12(9-7-11)16(5)13(17)10-15-14(2,3)4/h6-9,15H,10H2,1-5H3. The van der Waals surface area contributed by atoms with E-state index in [-0.39, 0.29) is 11.4 Å². The highest BCUT2D eigenvalue weighted by Gasteiger charge is 2.14. The lowest BCUT2D eigenvalue weighted by Crippen LogP contribution is -2.43. The predicted octanol–water partition coefficient (Wildman–Crippen LogP) is 2.35. The monoisotopic (exact) mass is 234 g/mol. The number of hydrogen-bond acceptors (Lipinski definition) is 2. The molecule has 0 atom stereocenters. The van der Waals surface area contributed by atoms with E-state index in [4.69, 9.17) is 0 Å². The molecule has 94 valence electrons. The highest BCUT2D eigenvalue weighted by Crippen LogP contribution is 2.13. The van der Waals surface area contributed by atoms with Gasteiger partial charge in [0.15, 0.2) is 0 Å². The van der Waals surface area contributed by atoms with Gasteiger partial charge >= 0.3 is 0 Å². The molecular weight excluding hydrogens is 212 g/mol. The zero-order chi connectivity index (χ0) is 13.1. The van der Waals surface area contributed by atoms with Gasteiger partial charge < -0.3 is 10.2 Å². The first-order chi connectivity index (χ1) is 7.79. The molecule has 0 fully saturated rings. The van der Waals surface area contributed by atoms with Gasteiger partial charge in [-0.15, -0.1) is 0 Å². The highest BCUT2D eigenvalue weighted by molar-refractivity contribution is 5.94. The van der Waals surface area contributed by atoms with Crippen LogP contribution in [0.1, 0.15) is 26.3 Å². The summed E-state index contributed by atoms with van der Waals surface area (Å²) < 4.78 is 0. The predicted molar refractivity (Wildman–Crippen MR) is 72.3 cm³/mol. The Morgan fingerprint density at radius 1 is 1.24 bits per heavy atom. The number of carbonyl (C=O) groups excluding carboxylic acids is 1. The maximum absolute atomic E-state index is 11.9. The zero-order valence-electron chi connectivity index (χ0n) is 11.4. The van der Waals surface area contributed by atoms with Gasteiger partial charge in [-0.05, 0) is 39.8 Å². The second-order valence-corrected chi connectivity index (χ2v) is 5.39. The molecule has 0 aliphatic carbocycles. The smallest absolute Gasteiger partial charge is 0.240 e. The Kier molecular flexibility index (Phi) is 4.29. The number of nitrogens with one attached hydrogen (secondary N) is 1. The van der Waals surface area contributed by atoms with Gasteiger partial charge in [-0.3, -0.25) is 4.79 Å². The van der Waals surface area contributed by atoms with E-state index in [1.54, 1.807) is 11.9 Å². The lowest BCUT2D eigenvalue weighted by atomic mass is 10.1. The van der Waals surface area contributed by atoms with E-state index in [9.17, 15) is 4.79 Å². The third-order valence-corrected chi connectivity index (χ3v) is 2.57. The lowest BCUT2D eigenvalue weighted by Gasteiger charge is -2.23. The summed E-state index contributed by atoms with van der Waals surface area (Å²) in [7, 11) is 1.80. The van der Waals surface area contributed by atoms with Crippen LogP contribution in [0.4, 0.5) is 5.69 Å². The Balaban J connectivity index is 2.61. The Labute approximate surface area is 104 Å². The number of anilines is 1. The molecule has 0 spiro atoms. The van der Waals surface area contributed by atoms with Crippen LogP contribution in [-0.4, -0.2) is 25.0 Å². The van der Waals surface area contributed by atoms with Gasteiger partial charge in [0.05, 0.1) is 6.54 Å². The first kappa shape index (κ1) is 13.7. The van der Waals surface area contributed by atoms with E-state index < -0.39 is 0 Å². The number of amides is 1. The molecule has 0 saturated heterocycles. The van der Waals surface area contributed by atoms with Gasteiger partial charge in [0.25, 0.3) is 0 Å². The zero-order valence-corrected chi connectivity index (χ0v) is 11.4. The average molecular weight is 234 g/mol. The summed E-state index contributed by atoms with van der Waals surface area (Å²) in [6.45, 7) is 8.53. The molecule has 0 unspecified atom stereocenters. The molecule has 0 aliphatic rings. The number of likely N-dealkylation sites (N-methyl/N-ethyl adjacent to an activating group) is 1. The third kappa shape index (κ3) is 4.57. The van der Waals surface area contributed by atoms with E-state index in [1.807, 2.05) is 52.0 Å². The number of benzene rings is 1. The molecule has 0 bridgehead atoms. The quantitative estimate of drug-likeness (QED) is 0.870. The van der Waals surface area contributed by atoms with Crippen LogP contribution in [0, 0.1) is 6.92 Å². The van der Waals surface area contributed by atoms with Gasteiger partial charge in [-0.1, -0.05) is 17.7 Å². The minimum atomic E-state index is -0.0379. The summed E-state index contributed by atoms with van der Waals surface area (Å²) in [4.78, 5) is 13.6. The fourth-order valence-corrected chi connectivity index (χ4v) is 1.37. The molecule has 0 heterocycles. The van der Waals surface area contributed by atoms with E-state index in [1.165, 1.54) is 5.56 Å².